The third-order valence-corrected chi connectivity index (χ3v) is 3.88. The van der Waals surface area contributed by atoms with E-state index in [9.17, 15) is 4.79 Å². The maximum atomic E-state index is 12.4. The van der Waals surface area contributed by atoms with Crippen molar-refractivity contribution in [2.24, 2.45) is 0 Å². The van der Waals surface area contributed by atoms with Gasteiger partial charge >= 0.3 is 0 Å². The Labute approximate surface area is 135 Å². The molecule has 1 aliphatic heterocycles. The molecule has 0 saturated heterocycles. The van der Waals surface area contributed by atoms with Crippen LogP contribution in [0.2, 0.25) is 0 Å². The lowest BCUT2D eigenvalue weighted by atomic mass is 10.1. The Morgan fingerprint density at radius 3 is 2.96 bits per heavy atom. The van der Waals surface area contributed by atoms with E-state index >= 15 is 0 Å². The number of methoxy groups -OCH3 is 1. The highest BCUT2D eigenvalue weighted by Crippen LogP contribution is 2.28. The van der Waals surface area contributed by atoms with Crippen LogP contribution in [0.1, 0.15) is 18.5 Å². The molecule has 2 N–H and O–H groups in total. The zero-order valence-electron chi connectivity index (χ0n) is 13.2. The first-order chi connectivity index (χ1) is 11.2. The van der Waals surface area contributed by atoms with E-state index in [1.54, 1.807) is 7.11 Å². The molecule has 0 aromatic heterocycles. The van der Waals surface area contributed by atoms with E-state index in [1.165, 1.54) is 0 Å². The number of anilines is 1. The van der Waals surface area contributed by atoms with E-state index in [2.05, 4.69) is 10.6 Å². The van der Waals surface area contributed by atoms with Gasteiger partial charge in [0.2, 0.25) is 0 Å². The molecule has 2 atom stereocenters. The van der Waals surface area contributed by atoms with Crippen molar-refractivity contribution in [3.8, 4) is 11.5 Å². The number of nitrogens with one attached hydrogen (secondary N) is 2. The topological polar surface area (TPSA) is 59.6 Å². The van der Waals surface area contributed by atoms with Gasteiger partial charge in [0, 0.05) is 0 Å². The molecule has 5 nitrogen and oxygen atoms in total. The zero-order valence-corrected chi connectivity index (χ0v) is 13.2. The van der Waals surface area contributed by atoms with Gasteiger partial charge in [0.1, 0.15) is 11.5 Å². The molecule has 0 radical (unpaired) electrons. The van der Waals surface area contributed by atoms with E-state index in [0.29, 0.717) is 12.3 Å². The molecule has 2 aromatic carbocycles. The van der Waals surface area contributed by atoms with Gasteiger partial charge in [-0.05, 0) is 36.8 Å². The molecule has 120 valence electrons. The van der Waals surface area contributed by atoms with E-state index in [0.717, 1.165) is 17.0 Å². The van der Waals surface area contributed by atoms with Crippen molar-refractivity contribution in [1.82, 2.24) is 5.32 Å². The molecule has 0 spiro atoms. The van der Waals surface area contributed by atoms with Gasteiger partial charge < -0.3 is 20.1 Å². The fourth-order valence-electron chi connectivity index (χ4n) is 2.56. The van der Waals surface area contributed by atoms with Gasteiger partial charge in [-0.1, -0.05) is 24.3 Å². The van der Waals surface area contributed by atoms with E-state index < -0.39 is 6.10 Å². The summed E-state index contributed by atoms with van der Waals surface area (Å²) in [6.07, 6.45) is -0.544. The number of fused-ring (bicyclic) bond motifs is 1. The maximum absolute atomic E-state index is 12.4. The molecular weight excluding hydrogens is 292 g/mol. The smallest absolute Gasteiger partial charge is 0.263 e. The molecule has 23 heavy (non-hydrogen) atoms. The highest BCUT2D eigenvalue weighted by Gasteiger charge is 2.26. The lowest BCUT2D eigenvalue weighted by Crippen LogP contribution is -2.45. The Morgan fingerprint density at radius 1 is 1.30 bits per heavy atom. The summed E-state index contributed by atoms with van der Waals surface area (Å²) in [5.41, 5.74) is 1.90. The average Bonchev–Trinajstić information content (AvgIpc) is 2.61. The van der Waals surface area contributed by atoms with Crippen LogP contribution < -0.4 is 20.1 Å². The van der Waals surface area contributed by atoms with Crippen molar-refractivity contribution in [3.63, 3.8) is 0 Å². The van der Waals surface area contributed by atoms with Crippen LogP contribution in [0.15, 0.2) is 48.5 Å². The molecule has 2 unspecified atom stereocenters. The highest BCUT2D eigenvalue weighted by molar-refractivity contribution is 5.83. The first-order valence-corrected chi connectivity index (χ1v) is 7.61. The lowest BCUT2D eigenvalue weighted by molar-refractivity contribution is -0.128. The van der Waals surface area contributed by atoms with Gasteiger partial charge in [-0.3, -0.25) is 4.79 Å². The molecule has 0 fully saturated rings. The summed E-state index contributed by atoms with van der Waals surface area (Å²) in [4.78, 5) is 12.4. The summed E-state index contributed by atoms with van der Waals surface area (Å²) in [6, 6.07) is 15.1. The number of amides is 1. The molecule has 1 amide bonds. The molecule has 0 aliphatic carbocycles. The van der Waals surface area contributed by atoms with Crippen molar-refractivity contribution in [3.05, 3.63) is 54.1 Å². The Bertz CT molecular complexity index is 702. The van der Waals surface area contributed by atoms with E-state index in [1.807, 2.05) is 55.5 Å². The second-order valence-electron chi connectivity index (χ2n) is 5.49. The quantitative estimate of drug-likeness (QED) is 0.911. The number of hydrogen-bond acceptors (Lipinski definition) is 4. The fourth-order valence-corrected chi connectivity index (χ4v) is 2.56. The third kappa shape index (κ3) is 3.39. The normalized spacial score (nSPS) is 17.2. The molecule has 1 aliphatic rings. The summed E-state index contributed by atoms with van der Waals surface area (Å²) in [7, 11) is 1.63. The summed E-state index contributed by atoms with van der Waals surface area (Å²) in [5, 5.41) is 6.21. The van der Waals surface area contributed by atoms with Crippen molar-refractivity contribution < 1.29 is 14.3 Å². The minimum absolute atomic E-state index is 0.127. The van der Waals surface area contributed by atoms with Gasteiger partial charge in [0.15, 0.2) is 6.10 Å². The van der Waals surface area contributed by atoms with Crippen LogP contribution in [0.5, 0.6) is 11.5 Å². The van der Waals surface area contributed by atoms with Crippen molar-refractivity contribution in [2.45, 2.75) is 19.1 Å². The standard InChI is InChI=1S/C18H20N2O3/c1-12(13-6-5-7-14(10-13)22-2)20-18(21)17-11-19-15-8-3-4-9-16(15)23-17/h3-10,12,17,19H,11H2,1-2H3,(H,20,21). The lowest BCUT2D eigenvalue weighted by Gasteiger charge is -2.27. The third-order valence-electron chi connectivity index (χ3n) is 3.88. The van der Waals surface area contributed by atoms with Crippen molar-refractivity contribution >= 4 is 11.6 Å². The number of para-hydroxylation sites is 2. The van der Waals surface area contributed by atoms with Gasteiger partial charge in [0.05, 0.1) is 25.4 Å². The first kappa shape index (κ1) is 15.2. The second-order valence-corrected chi connectivity index (χ2v) is 5.49. The summed E-state index contributed by atoms with van der Waals surface area (Å²) < 4.78 is 11.0. The molecule has 0 saturated carbocycles. The summed E-state index contributed by atoms with van der Waals surface area (Å²) in [5.74, 6) is 1.34. The van der Waals surface area contributed by atoms with Crippen LogP contribution >= 0.6 is 0 Å². The van der Waals surface area contributed by atoms with E-state index in [-0.39, 0.29) is 11.9 Å². The fraction of sp³-hybridized carbons (Fsp3) is 0.278. The minimum Gasteiger partial charge on any atom is -0.497 e. The van der Waals surface area contributed by atoms with Crippen LogP contribution in [-0.4, -0.2) is 25.7 Å². The Hall–Kier alpha value is -2.69. The number of rotatable bonds is 4. The van der Waals surface area contributed by atoms with Crippen LogP contribution in [0.25, 0.3) is 0 Å². The van der Waals surface area contributed by atoms with Gasteiger partial charge in [-0.25, -0.2) is 0 Å². The first-order valence-electron chi connectivity index (χ1n) is 7.61. The van der Waals surface area contributed by atoms with Crippen LogP contribution in [-0.2, 0) is 4.79 Å². The van der Waals surface area contributed by atoms with Crippen LogP contribution in [0.3, 0.4) is 0 Å². The Balaban J connectivity index is 1.65. The SMILES string of the molecule is COc1cccc(C(C)NC(=O)C2CNc3ccccc3O2)c1. The van der Waals surface area contributed by atoms with Gasteiger partial charge in [-0.15, -0.1) is 0 Å². The highest BCUT2D eigenvalue weighted by atomic mass is 16.5. The predicted octanol–water partition coefficient (Wildman–Crippen LogP) is 2.75. The minimum atomic E-state index is -0.544. The average molecular weight is 312 g/mol. The molecule has 1 heterocycles. The van der Waals surface area contributed by atoms with Crippen molar-refractivity contribution in [2.75, 3.05) is 19.0 Å². The second kappa shape index (κ2) is 6.60. The number of carbonyl (C=O) groups excluding carboxylic acids is 1. The monoisotopic (exact) mass is 312 g/mol. The maximum Gasteiger partial charge on any atom is 0.263 e. The van der Waals surface area contributed by atoms with Crippen molar-refractivity contribution in [1.29, 1.82) is 0 Å². The zero-order chi connectivity index (χ0) is 16.2. The number of hydrogen-bond donors (Lipinski definition) is 2. The molecule has 5 heteroatoms. The Morgan fingerprint density at radius 2 is 2.13 bits per heavy atom. The Kier molecular flexibility index (Phi) is 4.37. The number of benzene rings is 2. The van der Waals surface area contributed by atoms with Crippen LogP contribution in [0.4, 0.5) is 5.69 Å². The molecule has 2 aromatic rings. The predicted molar refractivity (Wildman–Crippen MR) is 88.9 cm³/mol. The number of ether oxygens (including phenoxy) is 2. The summed E-state index contributed by atoms with van der Waals surface area (Å²) in [6.45, 7) is 2.39. The molecule has 3 rings (SSSR count). The summed E-state index contributed by atoms with van der Waals surface area (Å²) >= 11 is 0. The van der Waals surface area contributed by atoms with Crippen LogP contribution in [0, 0.1) is 0 Å². The van der Waals surface area contributed by atoms with E-state index in [4.69, 9.17) is 9.47 Å². The molecule has 0 bridgehead atoms. The van der Waals surface area contributed by atoms with Gasteiger partial charge in [0.25, 0.3) is 5.91 Å². The molecular formula is C18H20N2O3. The largest absolute Gasteiger partial charge is 0.497 e. The van der Waals surface area contributed by atoms with Gasteiger partial charge in [-0.2, -0.15) is 0 Å². The number of carbonyl (C=O) groups is 1.